The minimum absolute atomic E-state index is 0.198. The monoisotopic (exact) mass is 427 g/mol. The Balaban J connectivity index is 1.59. The van der Waals surface area contributed by atoms with Crippen LogP contribution in [0.5, 0.6) is 0 Å². The molecule has 30 heavy (non-hydrogen) atoms. The lowest BCUT2D eigenvalue weighted by Gasteiger charge is -2.29. The van der Waals surface area contributed by atoms with Crippen molar-refractivity contribution >= 4 is 35.2 Å². The maximum atomic E-state index is 12.6. The fourth-order valence-electron chi connectivity index (χ4n) is 3.18. The van der Waals surface area contributed by atoms with Crippen molar-refractivity contribution in [2.75, 3.05) is 13.1 Å². The fourth-order valence-corrected chi connectivity index (χ4v) is 3.37. The van der Waals surface area contributed by atoms with Crippen LogP contribution < -0.4 is 10.6 Å². The Morgan fingerprint density at radius 2 is 1.43 bits per heavy atom. The van der Waals surface area contributed by atoms with Crippen LogP contribution in [0.4, 0.5) is 0 Å². The standard InChI is InChI=1S/C22H22ClN3O4/c1-22(2,3)26-20(29)16-8-7-14(12-17(16)21(26)30)19(28)25-10-9-24-18(27)13-5-4-6-15(23)11-13/h4-8,11-12H,9-10H2,1-3H3,(H,24,27)(H,25,28). The number of fused-ring (bicyclic) bond motifs is 1. The van der Waals surface area contributed by atoms with Crippen LogP contribution in [-0.4, -0.2) is 47.2 Å². The molecule has 0 saturated heterocycles. The van der Waals surface area contributed by atoms with Crippen molar-refractivity contribution in [3.63, 3.8) is 0 Å². The van der Waals surface area contributed by atoms with Crippen LogP contribution in [0.1, 0.15) is 62.2 Å². The third-order valence-corrected chi connectivity index (χ3v) is 4.84. The zero-order chi connectivity index (χ0) is 22.1. The Bertz CT molecular complexity index is 1040. The second kappa shape index (κ2) is 8.28. The van der Waals surface area contributed by atoms with Gasteiger partial charge in [0.05, 0.1) is 11.1 Å². The minimum atomic E-state index is -0.656. The quantitative estimate of drug-likeness (QED) is 0.566. The van der Waals surface area contributed by atoms with Gasteiger partial charge in [0.25, 0.3) is 23.6 Å². The Labute approximate surface area is 179 Å². The van der Waals surface area contributed by atoms with Gasteiger partial charge in [0.1, 0.15) is 0 Å². The van der Waals surface area contributed by atoms with Crippen molar-refractivity contribution in [2.45, 2.75) is 26.3 Å². The van der Waals surface area contributed by atoms with E-state index in [-0.39, 0.29) is 36.0 Å². The third-order valence-electron chi connectivity index (χ3n) is 4.60. The van der Waals surface area contributed by atoms with Gasteiger partial charge in [-0.3, -0.25) is 24.1 Å². The van der Waals surface area contributed by atoms with E-state index in [0.29, 0.717) is 16.1 Å². The molecule has 0 bridgehead atoms. The predicted octanol–water partition coefficient (Wildman–Crippen LogP) is 2.89. The molecule has 0 fully saturated rings. The lowest BCUT2D eigenvalue weighted by Crippen LogP contribution is -2.45. The van der Waals surface area contributed by atoms with E-state index in [0.717, 1.165) is 0 Å². The molecule has 4 amide bonds. The third kappa shape index (κ3) is 4.36. The molecule has 1 aliphatic heterocycles. The van der Waals surface area contributed by atoms with Gasteiger partial charge in [-0.05, 0) is 57.2 Å². The summed E-state index contributed by atoms with van der Waals surface area (Å²) >= 11 is 5.87. The number of imide groups is 1. The van der Waals surface area contributed by atoms with Gasteiger partial charge in [-0.2, -0.15) is 0 Å². The number of nitrogens with zero attached hydrogens (tertiary/aromatic N) is 1. The van der Waals surface area contributed by atoms with Crippen LogP contribution in [-0.2, 0) is 0 Å². The van der Waals surface area contributed by atoms with Crippen molar-refractivity contribution in [1.29, 1.82) is 0 Å². The summed E-state index contributed by atoms with van der Waals surface area (Å²) in [7, 11) is 0. The summed E-state index contributed by atoms with van der Waals surface area (Å²) < 4.78 is 0. The van der Waals surface area contributed by atoms with Crippen LogP contribution >= 0.6 is 11.6 Å². The Kier molecular flexibility index (Phi) is 5.94. The van der Waals surface area contributed by atoms with E-state index in [1.807, 2.05) is 0 Å². The van der Waals surface area contributed by atoms with Gasteiger partial charge >= 0.3 is 0 Å². The molecule has 156 valence electrons. The Morgan fingerprint density at radius 3 is 2.00 bits per heavy atom. The highest BCUT2D eigenvalue weighted by Gasteiger charge is 2.42. The first-order valence-corrected chi connectivity index (χ1v) is 9.82. The molecule has 2 aromatic carbocycles. The summed E-state index contributed by atoms with van der Waals surface area (Å²) in [5.41, 5.74) is 0.555. The Morgan fingerprint density at radius 1 is 0.867 bits per heavy atom. The average Bonchev–Trinajstić information content (AvgIpc) is 2.94. The highest BCUT2D eigenvalue weighted by atomic mass is 35.5. The topological polar surface area (TPSA) is 95.6 Å². The number of hydrogen-bond donors (Lipinski definition) is 2. The fraction of sp³-hybridized carbons (Fsp3) is 0.273. The lowest BCUT2D eigenvalue weighted by atomic mass is 10.1. The van der Waals surface area contributed by atoms with Crippen molar-refractivity contribution in [3.05, 3.63) is 69.7 Å². The molecule has 1 heterocycles. The number of nitrogens with one attached hydrogen (secondary N) is 2. The van der Waals surface area contributed by atoms with E-state index in [4.69, 9.17) is 11.6 Å². The molecule has 0 radical (unpaired) electrons. The SMILES string of the molecule is CC(C)(C)N1C(=O)c2ccc(C(=O)NCCNC(=O)c3cccc(Cl)c3)cc2C1=O. The van der Waals surface area contributed by atoms with E-state index < -0.39 is 17.4 Å². The number of halogens is 1. The first kappa shape index (κ1) is 21.5. The molecule has 8 heteroatoms. The van der Waals surface area contributed by atoms with Crippen LogP contribution in [0.3, 0.4) is 0 Å². The normalized spacial score (nSPS) is 13.3. The summed E-state index contributed by atoms with van der Waals surface area (Å²) in [4.78, 5) is 50.8. The number of benzene rings is 2. The highest BCUT2D eigenvalue weighted by Crippen LogP contribution is 2.29. The molecule has 0 aromatic heterocycles. The maximum Gasteiger partial charge on any atom is 0.262 e. The molecule has 0 atom stereocenters. The zero-order valence-electron chi connectivity index (χ0n) is 16.9. The maximum absolute atomic E-state index is 12.6. The number of rotatable bonds is 5. The molecule has 3 rings (SSSR count). The van der Waals surface area contributed by atoms with Gasteiger partial charge in [0.2, 0.25) is 0 Å². The summed E-state index contributed by atoms with van der Waals surface area (Å²) in [5.74, 6) is -1.47. The van der Waals surface area contributed by atoms with Crippen molar-refractivity contribution in [3.8, 4) is 0 Å². The van der Waals surface area contributed by atoms with Crippen LogP contribution in [0, 0.1) is 0 Å². The number of hydrogen-bond acceptors (Lipinski definition) is 4. The smallest absolute Gasteiger partial charge is 0.262 e. The lowest BCUT2D eigenvalue weighted by molar-refractivity contribution is 0.0507. The van der Waals surface area contributed by atoms with Crippen molar-refractivity contribution in [2.24, 2.45) is 0 Å². The highest BCUT2D eigenvalue weighted by molar-refractivity contribution is 6.31. The first-order valence-electron chi connectivity index (χ1n) is 9.44. The number of carbonyl (C=O) groups is 4. The summed E-state index contributed by atoms with van der Waals surface area (Å²) in [5, 5.41) is 5.84. The van der Waals surface area contributed by atoms with E-state index >= 15 is 0 Å². The molecule has 7 nitrogen and oxygen atoms in total. The molecule has 0 spiro atoms. The van der Waals surface area contributed by atoms with Crippen LogP contribution in [0.25, 0.3) is 0 Å². The molecule has 1 aliphatic rings. The molecule has 2 aromatic rings. The second-order valence-corrected chi connectivity index (χ2v) is 8.34. The summed E-state index contributed by atoms with van der Waals surface area (Å²) in [6, 6.07) is 11.0. The molecule has 0 saturated carbocycles. The number of carbonyl (C=O) groups excluding carboxylic acids is 4. The van der Waals surface area contributed by atoms with Crippen molar-refractivity contribution < 1.29 is 19.2 Å². The summed E-state index contributed by atoms with van der Waals surface area (Å²) in [6.45, 7) is 5.75. The molecular weight excluding hydrogens is 406 g/mol. The zero-order valence-corrected chi connectivity index (χ0v) is 17.7. The number of amides is 4. The summed E-state index contributed by atoms with van der Waals surface area (Å²) in [6.07, 6.45) is 0. The molecule has 0 unspecified atom stereocenters. The van der Waals surface area contributed by atoms with Gasteiger partial charge in [-0.15, -0.1) is 0 Å². The van der Waals surface area contributed by atoms with Gasteiger partial charge in [-0.1, -0.05) is 17.7 Å². The van der Waals surface area contributed by atoms with Gasteiger partial charge in [0.15, 0.2) is 0 Å². The van der Waals surface area contributed by atoms with Gasteiger partial charge in [0, 0.05) is 34.8 Å². The van der Waals surface area contributed by atoms with Crippen LogP contribution in [0.2, 0.25) is 5.02 Å². The van der Waals surface area contributed by atoms with E-state index in [2.05, 4.69) is 10.6 Å². The largest absolute Gasteiger partial charge is 0.350 e. The molecular formula is C22H22ClN3O4. The molecule has 2 N–H and O–H groups in total. The van der Waals surface area contributed by atoms with Gasteiger partial charge in [-0.25, -0.2) is 0 Å². The first-order chi connectivity index (χ1) is 14.1. The Hall–Kier alpha value is -3.19. The average molecular weight is 428 g/mol. The second-order valence-electron chi connectivity index (χ2n) is 7.90. The molecule has 0 aliphatic carbocycles. The van der Waals surface area contributed by atoms with Crippen molar-refractivity contribution in [1.82, 2.24) is 15.5 Å². The van der Waals surface area contributed by atoms with E-state index in [9.17, 15) is 19.2 Å². The predicted molar refractivity (Wildman–Crippen MR) is 113 cm³/mol. The van der Waals surface area contributed by atoms with Crippen LogP contribution in [0.15, 0.2) is 42.5 Å². The van der Waals surface area contributed by atoms with E-state index in [1.165, 1.54) is 23.1 Å². The van der Waals surface area contributed by atoms with E-state index in [1.54, 1.807) is 45.0 Å². The minimum Gasteiger partial charge on any atom is -0.350 e. The van der Waals surface area contributed by atoms with Gasteiger partial charge < -0.3 is 10.6 Å².